The first kappa shape index (κ1) is 32.5. The van der Waals surface area contributed by atoms with Gasteiger partial charge in [-0.05, 0) is 17.5 Å². The van der Waals surface area contributed by atoms with E-state index in [2.05, 4.69) is 18.8 Å². The van der Waals surface area contributed by atoms with Crippen molar-refractivity contribution in [1.82, 2.24) is 5.32 Å². The summed E-state index contributed by atoms with van der Waals surface area (Å²) in [6.07, 6.45) is 4.53. The Morgan fingerprint density at radius 2 is 1.63 bits per heavy atom. The van der Waals surface area contributed by atoms with Gasteiger partial charge >= 0.3 is 5.97 Å². The Balaban J connectivity index is 1.94. The Kier molecular flexibility index (Phi) is 12.5. The quantitative estimate of drug-likeness (QED) is 0.154. The number of aliphatic hydroxyl groups is 2. The van der Waals surface area contributed by atoms with Crippen LogP contribution in [0.15, 0.2) is 73.3 Å². The summed E-state index contributed by atoms with van der Waals surface area (Å²) in [6.45, 7) is 7.08. The van der Waals surface area contributed by atoms with E-state index in [0.717, 1.165) is 43.2 Å². The van der Waals surface area contributed by atoms with Crippen LogP contribution in [0.3, 0.4) is 0 Å². The molecule has 8 nitrogen and oxygen atoms in total. The topological polar surface area (TPSA) is 114 Å². The maximum absolute atomic E-state index is 12.6. The lowest BCUT2D eigenvalue weighted by atomic mass is 9.73. The minimum absolute atomic E-state index is 0.0307. The molecular formula is C33H45NO7. The number of benzene rings is 2. The van der Waals surface area contributed by atoms with Gasteiger partial charge in [-0.25, -0.2) is 0 Å². The minimum Gasteiger partial charge on any atom is -0.463 e. The van der Waals surface area contributed by atoms with Crippen molar-refractivity contribution in [3.8, 4) is 0 Å². The standard InChI is InChI=1S/C33H45NO7/c1-4-6-7-8-15-20-29(36)39-24-28-30(40-23-27-18-13-10-14-19-27)32(37,22-26-16-11-9-12-17-26)31(34-25(3)35)33(38,41-28)21-5-2/h5,9-14,16-19,28,30-31,37-38H,2,4,6-8,15,20-24H2,1,3H3,(H,34,35)/t28-,30-,31-,32+,33?/m1/s1. The van der Waals surface area contributed by atoms with Crippen LogP contribution >= 0.6 is 0 Å². The van der Waals surface area contributed by atoms with E-state index >= 15 is 0 Å². The van der Waals surface area contributed by atoms with Gasteiger partial charge in [-0.15, -0.1) is 6.58 Å². The van der Waals surface area contributed by atoms with Crippen molar-refractivity contribution in [2.75, 3.05) is 6.61 Å². The van der Waals surface area contributed by atoms with Crippen LogP contribution in [-0.4, -0.2) is 58.3 Å². The molecule has 2 aromatic rings. The summed E-state index contributed by atoms with van der Waals surface area (Å²) in [5.74, 6) is -2.88. The van der Waals surface area contributed by atoms with Crippen molar-refractivity contribution in [2.45, 2.75) is 101 Å². The second kappa shape index (κ2) is 15.8. The molecule has 0 bridgehead atoms. The van der Waals surface area contributed by atoms with E-state index in [0.29, 0.717) is 0 Å². The van der Waals surface area contributed by atoms with E-state index in [1.54, 1.807) is 0 Å². The average molecular weight is 568 g/mol. The van der Waals surface area contributed by atoms with Gasteiger partial charge in [0.05, 0.1) is 6.61 Å². The number of hydrogen-bond acceptors (Lipinski definition) is 7. The zero-order valence-electron chi connectivity index (χ0n) is 24.3. The molecule has 0 spiro atoms. The molecule has 1 amide bonds. The third-order valence-electron chi connectivity index (χ3n) is 7.42. The molecule has 1 fully saturated rings. The predicted molar refractivity (Wildman–Crippen MR) is 157 cm³/mol. The van der Waals surface area contributed by atoms with Crippen molar-refractivity contribution in [3.05, 3.63) is 84.4 Å². The SMILES string of the molecule is C=CCC1(O)O[C@H](COC(=O)CCCCCCC)[C@@H](OCc2ccccc2)[C@@](O)(Cc2ccccc2)[C@H]1NC(C)=O. The second-order valence-electron chi connectivity index (χ2n) is 10.8. The lowest BCUT2D eigenvalue weighted by Crippen LogP contribution is -2.77. The maximum atomic E-state index is 12.6. The lowest BCUT2D eigenvalue weighted by molar-refractivity contribution is -0.349. The highest BCUT2D eigenvalue weighted by atomic mass is 16.7. The molecule has 8 heteroatoms. The monoisotopic (exact) mass is 567 g/mol. The van der Waals surface area contributed by atoms with Gasteiger partial charge in [0.2, 0.25) is 5.91 Å². The largest absolute Gasteiger partial charge is 0.463 e. The summed E-state index contributed by atoms with van der Waals surface area (Å²) >= 11 is 0. The number of amides is 1. The van der Waals surface area contributed by atoms with Gasteiger partial charge in [-0.3, -0.25) is 9.59 Å². The Morgan fingerprint density at radius 1 is 1.00 bits per heavy atom. The minimum atomic E-state index is -2.04. The fraction of sp³-hybridized carbons (Fsp3) is 0.515. The van der Waals surface area contributed by atoms with Crippen LogP contribution in [0.5, 0.6) is 0 Å². The first-order chi connectivity index (χ1) is 19.7. The molecule has 1 aliphatic heterocycles. The summed E-state index contributed by atoms with van der Waals surface area (Å²) in [5.41, 5.74) is -0.223. The fourth-order valence-corrected chi connectivity index (χ4v) is 5.46. The second-order valence-corrected chi connectivity index (χ2v) is 10.8. The van der Waals surface area contributed by atoms with Gasteiger partial charge in [0, 0.05) is 26.2 Å². The average Bonchev–Trinajstić information content (AvgIpc) is 2.95. The number of carbonyl (C=O) groups is 2. The zero-order chi connectivity index (χ0) is 29.7. The van der Waals surface area contributed by atoms with Gasteiger partial charge < -0.3 is 29.7 Å². The number of nitrogens with one attached hydrogen (secondary N) is 1. The van der Waals surface area contributed by atoms with E-state index in [-0.39, 0.29) is 38.4 Å². The molecule has 1 unspecified atom stereocenters. The van der Waals surface area contributed by atoms with Gasteiger partial charge in [0.1, 0.15) is 30.5 Å². The Bertz CT molecular complexity index is 1100. The van der Waals surface area contributed by atoms with E-state index in [9.17, 15) is 19.8 Å². The Hall–Kier alpha value is -3.04. The molecular weight excluding hydrogens is 522 g/mol. The number of ether oxygens (including phenoxy) is 3. The third kappa shape index (κ3) is 9.23. The first-order valence-corrected chi connectivity index (χ1v) is 14.6. The number of rotatable bonds is 16. The summed E-state index contributed by atoms with van der Waals surface area (Å²) in [5, 5.41) is 27.1. The van der Waals surface area contributed by atoms with E-state index < -0.39 is 35.5 Å². The fourth-order valence-electron chi connectivity index (χ4n) is 5.46. The van der Waals surface area contributed by atoms with Crippen LogP contribution in [0.2, 0.25) is 0 Å². The van der Waals surface area contributed by atoms with Crippen molar-refractivity contribution < 1.29 is 34.0 Å². The molecule has 3 rings (SSSR count). The van der Waals surface area contributed by atoms with Crippen LogP contribution in [0.4, 0.5) is 0 Å². The first-order valence-electron chi connectivity index (χ1n) is 14.6. The van der Waals surface area contributed by atoms with Gasteiger partial charge in [-0.1, -0.05) is 99.3 Å². The van der Waals surface area contributed by atoms with E-state index in [1.165, 1.54) is 13.0 Å². The molecule has 3 N–H and O–H groups in total. The van der Waals surface area contributed by atoms with Crippen molar-refractivity contribution in [3.63, 3.8) is 0 Å². The Morgan fingerprint density at radius 3 is 2.24 bits per heavy atom. The molecule has 0 radical (unpaired) electrons. The van der Waals surface area contributed by atoms with Crippen molar-refractivity contribution >= 4 is 11.9 Å². The predicted octanol–water partition coefficient (Wildman–Crippen LogP) is 4.62. The molecule has 0 aromatic heterocycles. The summed E-state index contributed by atoms with van der Waals surface area (Å²) in [7, 11) is 0. The van der Waals surface area contributed by atoms with Crippen LogP contribution in [0.1, 0.15) is 69.9 Å². The van der Waals surface area contributed by atoms with E-state index in [1.807, 2.05) is 60.7 Å². The van der Waals surface area contributed by atoms with Crippen molar-refractivity contribution in [1.29, 1.82) is 0 Å². The summed E-state index contributed by atoms with van der Waals surface area (Å²) in [4.78, 5) is 25.0. The van der Waals surface area contributed by atoms with Gasteiger partial charge in [0.15, 0.2) is 5.79 Å². The molecule has 0 saturated carbocycles. The molecule has 0 aliphatic carbocycles. The van der Waals surface area contributed by atoms with Crippen LogP contribution < -0.4 is 5.32 Å². The highest BCUT2D eigenvalue weighted by Crippen LogP contribution is 2.41. The summed E-state index contributed by atoms with van der Waals surface area (Å²) in [6, 6.07) is 17.4. The molecule has 5 atom stereocenters. The highest BCUT2D eigenvalue weighted by Gasteiger charge is 2.62. The van der Waals surface area contributed by atoms with Crippen LogP contribution in [0, 0.1) is 0 Å². The zero-order valence-corrected chi connectivity index (χ0v) is 24.3. The highest BCUT2D eigenvalue weighted by molar-refractivity contribution is 5.73. The normalized spacial score (nSPS) is 25.8. The summed E-state index contributed by atoms with van der Waals surface area (Å²) < 4.78 is 18.2. The maximum Gasteiger partial charge on any atom is 0.305 e. The molecule has 224 valence electrons. The Labute approximate surface area is 243 Å². The number of esters is 1. The number of carbonyl (C=O) groups excluding carboxylic acids is 2. The lowest BCUT2D eigenvalue weighted by Gasteiger charge is -2.55. The molecule has 2 aromatic carbocycles. The van der Waals surface area contributed by atoms with Gasteiger partial charge in [-0.2, -0.15) is 0 Å². The molecule has 41 heavy (non-hydrogen) atoms. The third-order valence-corrected chi connectivity index (χ3v) is 7.42. The van der Waals surface area contributed by atoms with Gasteiger partial charge in [0.25, 0.3) is 0 Å². The number of hydrogen-bond donors (Lipinski definition) is 3. The smallest absolute Gasteiger partial charge is 0.305 e. The van der Waals surface area contributed by atoms with Crippen molar-refractivity contribution in [2.24, 2.45) is 0 Å². The van der Waals surface area contributed by atoms with Crippen LogP contribution in [0.25, 0.3) is 0 Å². The molecule has 1 saturated heterocycles. The molecule has 1 aliphatic rings. The number of unbranched alkanes of at least 4 members (excludes halogenated alkanes) is 4. The van der Waals surface area contributed by atoms with Crippen LogP contribution in [-0.2, 0) is 36.8 Å². The van der Waals surface area contributed by atoms with E-state index in [4.69, 9.17) is 14.2 Å². The molecule has 1 heterocycles.